The Balaban J connectivity index is 2.96. The molecule has 16 heavy (non-hydrogen) atoms. The second-order valence-electron chi connectivity index (χ2n) is 5.03. The first kappa shape index (κ1) is 13.6. The molecule has 0 radical (unpaired) electrons. The van der Waals surface area contributed by atoms with Crippen LogP contribution in [0.4, 0.5) is 0 Å². The van der Waals surface area contributed by atoms with Crippen molar-refractivity contribution in [1.29, 1.82) is 0 Å². The van der Waals surface area contributed by atoms with Crippen molar-refractivity contribution < 1.29 is 4.74 Å². The summed E-state index contributed by atoms with van der Waals surface area (Å²) in [6.45, 7) is 11.0. The Morgan fingerprint density at radius 3 is 2.25 bits per heavy atom. The zero-order chi connectivity index (χ0) is 12.3. The van der Waals surface area contributed by atoms with E-state index in [1.807, 2.05) is 13.8 Å². The van der Waals surface area contributed by atoms with Gasteiger partial charge in [-0.15, -0.1) is 10.2 Å². The standard InChI is InChI=1S/C11H20BrN3O/c1-8(2)16-7-10-14-13-9(6-12)15(10)11(3,4)5/h8H,6-7H2,1-5H3. The van der Waals surface area contributed by atoms with Crippen LogP contribution in [0.2, 0.25) is 0 Å². The Morgan fingerprint density at radius 1 is 1.25 bits per heavy atom. The van der Waals surface area contributed by atoms with Crippen LogP contribution < -0.4 is 0 Å². The van der Waals surface area contributed by atoms with E-state index in [-0.39, 0.29) is 11.6 Å². The summed E-state index contributed by atoms with van der Waals surface area (Å²) in [4.78, 5) is 0. The zero-order valence-corrected chi connectivity index (χ0v) is 12.2. The van der Waals surface area contributed by atoms with Crippen molar-refractivity contribution >= 4 is 15.9 Å². The van der Waals surface area contributed by atoms with Gasteiger partial charge in [0.05, 0.1) is 11.4 Å². The van der Waals surface area contributed by atoms with Crippen molar-refractivity contribution in [3.8, 4) is 0 Å². The number of halogens is 1. The highest BCUT2D eigenvalue weighted by atomic mass is 79.9. The lowest BCUT2D eigenvalue weighted by Gasteiger charge is -2.24. The summed E-state index contributed by atoms with van der Waals surface area (Å²) in [5.41, 5.74) is -0.0255. The predicted octanol–water partition coefficient (Wildman–Crippen LogP) is 2.85. The van der Waals surface area contributed by atoms with Crippen LogP contribution >= 0.6 is 15.9 Å². The summed E-state index contributed by atoms with van der Waals surface area (Å²) in [5, 5.41) is 9.06. The molecule has 92 valence electrons. The van der Waals surface area contributed by atoms with Gasteiger partial charge in [-0.25, -0.2) is 0 Å². The molecule has 4 nitrogen and oxygen atoms in total. The molecule has 5 heteroatoms. The summed E-state index contributed by atoms with van der Waals surface area (Å²) in [5.74, 6) is 1.82. The maximum atomic E-state index is 5.58. The molecule has 0 unspecified atom stereocenters. The molecule has 1 aromatic rings. The second kappa shape index (κ2) is 5.27. The first-order chi connectivity index (χ1) is 7.36. The fourth-order valence-electron chi connectivity index (χ4n) is 1.55. The third-order valence-corrected chi connectivity index (χ3v) is 2.63. The lowest BCUT2D eigenvalue weighted by Crippen LogP contribution is -2.26. The predicted molar refractivity (Wildman–Crippen MR) is 67.6 cm³/mol. The summed E-state index contributed by atoms with van der Waals surface area (Å²) in [6, 6.07) is 0. The monoisotopic (exact) mass is 289 g/mol. The van der Waals surface area contributed by atoms with E-state index in [0.29, 0.717) is 11.9 Å². The molecule has 1 rings (SSSR count). The van der Waals surface area contributed by atoms with Crippen molar-refractivity contribution in [2.24, 2.45) is 0 Å². The molecule has 1 aromatic heterocycles. The largest absolute Gasteiger partial charge is 0.371 e. The molecule has 0 N–H and O–H groups in total. The third-order valence-electron chi connectivity index (χ3n) is 2.13. The van der Waals surface area contributed by atoms with Gasteiger partial charge in [0.25, 0.3) is 0 Å². The van der Waals surface area contributed by atoms with Gasteiger partial charge < -0.3 is 9.30 Å². The maximum absolute atomic E-state index is 5.58. The van der Waals surface area contributed by atoms with Gasteiger partial charge in [-0.2, -0.15) is 0 Å². The van der Waals surface area contributed by atoms with E-state index >= 15 is 0 Å². The van der Waals surface area contributed by atoms with Gasteiger partial charge in [0.1, 0.15) is 12.4 Å². The topological polar surface area (TPSA) is 39.9 Å². The fourth-order valence-corrected chi connectivity index (χ4v) is 1.91. The molecule has 0 aliphatic heterocycles. The maximum Gasteiger partial charge on any atom is 0.159 e. The average molecular weight is 290 g/mol. The van der Waals surface area contributed by atoms with E-state index < -0.39 is 0 Å². The van der Waals surface area contributed by atoms with E-state index in [9.17, 15) is 0 Å². The SMILES string of the molecule is CC(C)OCc1nnc(CBr)n1C(C)(C)C. The van der Waals surface area contributed by atoms with Crippen LogP contribution in [0, 0.1) is 0 Å². The number of ether oxygens (including phenoxy) is 1. The first-order valence-corrected chi connectivity index (χ1v) is 6.59. The molecule has 0 saturated heterocycles. The number of aromatic nitrogens is 3. The molecule has 0 fully saturated rings. The Bertz CT molecular complexity index is 341. The molecule has 0 amide bonds. The quantitative estimate of drug-likeness (QED) is 0.800. The summed E-state index contributed by atoms with van der Waals surface area (Å²) in [6.07, 6.45) is 0.206. The summed E-state index contributed by atoms with van der Waals surface area (Å²) in [7, 11) is 0. The van der Waals surface area contributed by atoms with Gasteiger partial charge in [0, 0.05) is 5.54 Å². The molecular formula is C11H20BrN3O. The van der Waals surface area contributed by atoms with E-state index in [2.05, 4.69) is 51.5 Å². The molecular weight excluding hydrogens is 270 g/mol. The number of rotatable bonds is 4. The normalized spacial score (nSPS) is 12.4. The molecule has 0 bridgehead atoms. The van der Waals surface area contributed by atoms with Crippen LogP contribution in [-0.2, 0) is 22.2 Å². The number of hydrogen-bond donors (Lipinski definition) is 0. The van der Waals surface area contributed by atoms with Gasteiger partial charge in [-0.3, -0.25) is 0 Å². The second-order valence-corrected chi connectivity index (χ2v) is 5.59. The smallest absolute Gasteiger partial charge is 0.159 e. The Morgan fingerprint density at radius 2 is 1.81 bits per heavy atom. The van der Waals surface area contributed by atoms with Crippen LogP contribution in [0.15, 0.2) is 0 Å². The highest BCUT2D eigenvalue weighted by Crippen LogP contribution is 2.20. The fraction of sp³-hybridized carbons (Fsp3) is 0.818. The van der Waals surface area contributed by atoms with Crippen LogP contribution in [0.5, 0.6) is 0 Å². The van der Waals surface area contributed by atoms with E-state index in [1.54, 1.807) is 0 Å². The molecule has 1 heterocycles. The third kappa shape index (κ3) is 3.28. The molecule has 0 saturated carbocycles. The van der Waals surface area contributed by atoms with Crippen molar-refractivity contribution in [2.75, 3.05) is 0 Å². The van der Waals surface area contributed by atoms with Gasteiger partial charge in [-0.1, -0.05) is 15.9 Å². The summed E-state index contributed by atoms with van der Waals surface area (Å²) >= 11 is 3.43. The minimum Gasteiger partial charge on any atom is -0.371 e. The minimum absolute atomic E-state index is 0.0255. The van der Waals surface area contributed by atoms with E-state index in [4.69, 9.17) is 4.74 Å². The number of hydrogen-bond acceptors (Lipinski definition) is 3. The van der Waals surface area contributed by atoms with Gasteiger partial charge in [-0.05, 0) is 34.6 Å². The van der Waals surface area contributed by atoms with Crippen LogP contribution in [0.3, 0.4) is 0 Å². The van der Waals surface area contributed by atoms with Gasteiger partial charge in [0.2, 0.25) is 0 Å². The Labute approximate surface area is 106 Å². The molecule has 0 atom stereocenters. The van der Waals surface area contributed by atoms with Crippen molar-refractivity contribution in [2.45, 2.75) is 58.2 Å². The van der Waals surface area contributed by atoms with Crippen molar-refractivity contribution in [3.63, 3.8) is 0 Å². The minimum atomic E-state index is -0.0255. The van der Waals surface area contributed by atoms with E-state index in [1.165, 1.54) is 0 Å². The Kier molecular flexibility index (Phi) is 4.50. The lowest BCUT2D eigenvalue weighted by molar-refractivity contribution is 0.0570. The van der Waals surface area contributed by atoms with Gasteiger partial charge in [0.15, 0.2) is 5.82 Å². The highest BCUT2D eigenvalue weighted by Gasteiger charge is 2.22. The van der Waals surface area contributed by atoms with Crippen molar-refractivity contribution in [1.82, 2.24) is 14.8 Å². The van der Waals surface area contributed by atoms with Gasteiger partial charge >= 0.3 is 0 Å². The summed E-state index contributed by atoms with van der Waals surface area (Å²) < 4.78 is 7.71. The lowest BCUT2D eigenvalue weighted by atomic mass is 10.1. The molecule has 0 spiro atoms. The van der Waals surface area contributed by atoms with Crippen LogP contribution in [0.25, 0.3) is 0 Å². The van der Waals surface area contributed by atoms with E-state index in [0.717, 1.165) is 11.6 Å². The molecule has 0 aromatic carbocycles. The highest BCUT2D eigenvalue weighted by molar-refractivity contribution is 9.08. The van der Waals surface area contributed by atoms with Crippen LogP contribution in [-0.4, -0.2) is 20.9 Å². The molecule has 0 aliphatic carbocycles. The Hall–Kier alpha value is -0.420. The first-order valence-electron chi connectivity index (χ1n) is 5.47. The average Bonchev–Trinajstić information content (AvgIpc) is 2.56. The zero-order valence-electron chi connectivity index (χ0n) is 10.6. The number of alkyl halides is 1. The molecule has 0 aliphatic rings. The number of nitrogens with zero attached hydrogens (tertiary/aromatic N) is 3. The van der Waals surface area contributed by atoms with Crippen molar-refractivity contribution in [3.05, 3.63) is 11.6 Å². The van der Waals surface area contributed by atoms with Crippen LogP contribution in [0.1, 0.15) is 46.3 Å².